The molecule has 0 aliphatic rings. The summed E-state index contributed by atoms with van der Waals surface area (Å²) in [7, 11) is 1.57. The van der Waals surface area contributed by atoms with Gasteiger partial charge in [-0.05, 0) is 41.5 Å². The molecular weight excluding hydrogens is 381 g/mol. The minimum atomic E-state index is -0.419. The number of rotatable bonds is 3. The van der Waals surface area contributed by atoms with Gasteiger partial charge in [-0.15, -0.1) is 0 Å². The summed E-state index contributed by atoms with van der Waals surface area (Å²) in [6.45, 7) is 0. The minimum absolute atomic E-state index is 0.232. The van der Waals surface area contributed by atoms with Crippen molar-refractivity contribution < 1.29 is 9.18 Å². The zero-order chi connectivity index (χ0) is 20.7. The molecule has 0 radical (unpaired) electrons. The number of carbonyl (C=O) groups excluding carboxylic acids is 1. The van der Waals surface area contributed by atoms with Crippen molar-refractivity contribution in [3.05, 3.63) is 78.8 Å². The summed E-state index contributed by atoms with van der Waals surface area (Å²) in [4.78, 5) is 27.8. The average Bonchev–Trinajstić information content (AvgIpc) is 3.22. The van der Waals surface area contributed by atoms with Gasteiger partial charge < -0.3 is 10.3 Å². The molecule has 0 unspecified atom stereocenters. The summed E-state index contributed by atoms with van der Waals surface area (Å²) < 4.78 is 15.0. The first-order chi connectivity index (χ1) is 14.7. The van der Waals surface area contributed by atoms with Gasteiger partial charge in [0, 0.05) is 59.9 Å². The topological polar surface area (TPSA) is 83.6 Å². The van der Waals surface area contributed by atoms with Crippen molar-refractivity contribution in [2.75, 3.05) is 7.05 Å². The molecule has 0 bridgehead atoms. The van der Waals surface area contributed by atoms with Crippen molar-refractivity contribution in [3.8, 4) is 22.3 Å². The van der Waals surface area contributed by atoms with E-state index in [4.69, 9.17) is 0 Å². The second-order valence-corrected chi connectivity index (χ2v) is 6.86. The maximum absolute atomic E-state index is 15.0. The Labute approximate surface area is 170 Å². The van der Waals surface area contributed by atoms with Crippen molar-refractivity contribution in [3.63, 3.8) is 0 Å². The molecule has 4 aromatic heterocycles. The number of hydrogen-bond acceptors (Lipinski definition) is 4. The summed E-state index contributed by atoms with van der Waals surface area (Å²) in [5.74, 6) is -0.651. The van der Waals surface area contributed by atoms with Crippen LogP contribution in [0.5, 0.6) is 0 Å². The predicted octanol–water partition coefficient (Wildman–Crippen LogP) is 4.34. The molecule has 0 atom stereocenters. The fraction of sp³-hybridized carbons (Fsp3) is 0.0435. The van der Waals surface area contributed by atoms with Crippen molar-refractivity contribution >= 4 is 27.8 Å². The van der Waals surface area contributed by atoms with Gasteiger partial charge >= 0.3 is 0 Å². The Morgan fingerprint density at radius 3 is 2.70 bits per heavy atom. The quantitative estimate of drug-likeness (QED) is 0.474. The van der Waals surface area contributed by atoms with Crippen LogP contribution in [0, 0.1) is 5.82 Å². The lowest BCUT2D eigenvalue weighted by Crippen LogP contribution is -2.17. The van der Waals surface area contributed by atoms with Crippen LogP contribution in [-0.2, 0) is 0 Å². The molecule has 7 heteroatoms. The molecule has 30 heavy (non-hydrogen) atoms. The highest BCUT2D eigenvalue weighted by Gasteiger charge is 2.15. The summed E-state index contributed by atoms with van der Waals surface area (Å²) in [5.41, 5.74) is 4.50. The molecule has 1 amide bonds. The first kappa shape index (κ1) is 17.9. The standard InChI is InChI=1S/C23H16FN5O/c1-25-23(30)15-8-18-19(12-29-22(18)28-11-15)14-7-17-16(13-3-2-5-26-10-13)4-6-27-21(17)20(24)9-14/h2-12H,1H3,(H,25,30)(H,28,29). The van der Waals surface area contributed by atoms with Gasteiger partial charge in [0.2, 0.25) is 0 Å². The second-order valence-electron chi connectivity index (χ2n) is 6.86. The molecule has 4 heterocycles. The number of pyridine rings is 3. The van der Waals surface area contributed by atoms with Crippen LogP contribution in [0.1, 0.15) is 10.4 Å². The van der Waals surface area contributed by atoms with Crippen molar-refractivity contribution in [2.45, 2.75) is 0 Å². The van der Waals surface area contributed by atoms with E-state index in [2.05, 4.69) is 25.3 Å². The summed E-state index contributed by atoms with van der Waals surface area (Å²) in [6.07, 6.45) is 8.31. The van der Waals surface area contributed by atoms with Gasteiger partial charge in [0.05, 0.1) is 5.56 Å². The van der Waals surface area contributed by atoms with Crippen LogP contribution in [0.25, 0.3) is 44.2 Å². The lowest BCUT2D eigenvalue weighted by molar-refractivity contribution is 0.0963. The Balaban J connectivity index is 1.75. The Morgan fingerprint density at radius 2 is 1.90 bits per heavy atom. The molecule has 5 aromatic rings. The lowest BCUT2D eigenvalue weighted by Gasteiger charge is -2.09. The molecule has 0 saturated heterocycles. The fourth-order valence-electron chi connectivity index (χ4n) is 3.65. The Hall–Kier alpha value is -4.13. The van der Waals surface area contributed by atoms with Gasteiger partial charge in [-0.2, -0.15) is 0 Å². The van der Waals surface area contributed by atoms with E-state index in [0.717, 1.165) is 22.1 Å². The number of H-pyrrole nitrogens is 1. The molecule has 0 aliphatic heterocycles. The Kier molecular flexibility index (Phi) is 4.21. The van der Waals surface area contributed by atoms with Gasteiger partial charge in [-0.1, -0.05) is 6.07 Å². The molecule has 0 fully saturated rings. The van der Waals surface area contributed by atoms with E-state index in [-0.39, 0.29) is 5.91 Å². The van der Waals surface area contributed by atoms with Gasteiger partial charge in [0.15, 0.2) is 0 Å². The molecule has 5 rings (SSSR count). The normalized spacial score (nSPS) is 11.1. The van der Waals surface area contributed by atoms with E-state index in [1.807, 2.05) is 24.3 Å². The Morgan fingerprint density at radius 1 is 1.00 bits per heavy atom. The summed E-state index contributed by atoms with van der Waals surface area (Å²) >= 11 is 0. The summed E-state index contributed by atoms with van der Waals surface area (Å²) in [6, 6.07) is 10.7. The van der Waals surface area contributed by atoms with E-state index < -0.39 is 5.82 Å². The average molecular weight is 397 g/mol. The number of nitrogens with zero attached hydrogens (tertiary/aromatic N) is 3. The third-order valence-electron chi connectivity index (χ3n) is 5.10. The number of halogens is 1. The molecule has 0 saturated carbocycles. The maximum atomic E-state index is 15.0. The van der Waals surface area contributed by atoms with Crippen LogP contribution in [-0.4, -0.2) is 32.9 Å². The fourth-order valence-corrected chi connectivity index (χ4v) is 3.65. The highest BCUT2D eigenvalue weighted by Crippen LogP contribution is 2.35. The first-order valence-corrected chi connectivity index (χ1v) is 9.34. The number of amides is 1. The van der Waals surface area contributed by atoms with Gasteiger partial charge in [0.1, 0.15) is 17.0 Å². The number of carbonyl (C=O) groups is 1. The Bertz CT molecular complexity index is 1410. The smallest absolute Gasteiger partial charge is 0.252 e. The van der Waals surface area contributed by atoms with Crippen LogP contribution >= 0.6 is 0 Å². The zero-order valence-electron chi connectivity index (χ0n) is 16.0. The second kappa shape index (κ2) is 7.04. The van der Waals surface area contributed by atoms with Crippen molar-refractivity contribution in [1.29, 1.82) is 0 Å². The van der Waals surface area contributed by atoms with Gasteiger partial charge in [0.25, 0.3) is 5.91 Å². The third-order valence-corrected chi connectivity index (χ3v) is 5.10. The SMILES string of the molecule is CNC(=O)c1cnc2[nH]cc(-c3cc(F)c4nccc(-c5cccnc5)c4c3)c2c1. The van der Waals surface area contributed by atoms with Crippen LogP contribution < -0.4 is 5.32 Å². The minimum Gasteiger partial charge on any atom is -0.355 e. The molecule has 146 valence electrons. The highest BCUT2D eigenvalue weighted by atomic mass is 19.1. The third kappa shape index (κ3) is 2.88. The van der Waals surface area contributed by atoms with E-state index >= 15 is 4.39 Å². The number of aromatic nitrogens is 4. The van der Waals surface area contributed by atoms with Crippen LogP contribution in [0.3, 0.4) is 0 Å². The first-order valence-electron chi connectivity index (χ1n) is 9.34. The molecular formula is C23H16FN5O. The number of fused-ring (bicyclic) bond motifs is 2. The summed E-state index contributed by atoms with van der Waals surface area (Å²) in [5, 5.41) is 4.02. The molecule has 6 nitrogen and oxygen atoms in total. The largest absolute Gasteiger partial charge is 0.355 e. The van der Waals surface area contributed by atoms with Crippen LogP contribution in [0.2, 0.25) is 0 Å². The number of nitrogens with one attached hydrogen (secondary N) is 2. The number of hydrogen-bond donors (Lipinski definition) is 2. The molecule has 0 spiro atoms. The molecule has 2 N–H and O–H groups in total. The monoisotopic (exact) mass is 397 g/mol. The van der Waals surface area contributed by atoms with Crippen molar-refractivity contribution in [1.82, 2.24) is 25.3 Å². The van der Waals surface area contributed by atoms with Crippen LogP contribution in [0.4, 0.5) is 4.39 Å². The van der Waals surface area contributed by atoms with Gasteiger partial charge in [-0.25, -0.2) is 9.37 Å². The van der Waals surface area contributed by atoms with Crippen LogP contribution in [0.15, 0.2) is 67.4 Å². The zero-order valence-corrected chi connectivity index (χ0v) is 16.0. The predicted molar refractivity (Wildman–Crippen MR) is 113 cm³/mol. The highest BCUT2D eigenvalue weighted by molar-refractivity contribution is 6.03. The lowest BCUT2D eigenvalue weighted by atomic mass is 9.97. The maximum Gasteiger partial charge on any atom is 0.252 e. The van der Waals surface area contributed by atoms with E-state index in [9.17, 15) is 4.79 Å². The molecule has 1 aromatic carbocycles. The van der Waals surface area contributed by atoms with E-state index in [1.165, 1.54) is 12.3 Å². The molecule has 0 aliphatic carbocycles. The van der Waals surface area contributed by atoms with Gasteiger partial charge in [-0.3, -0.25) is 14.8 Å². The number of aromatic amines is 1. The van der Waals surface area contributed by atoms with E-state index in [0.29, 0.717) is 27.7 Å². The van der Waals surface area contributed by atoms with E-state index in [1.54, 1.807) is 37.9 Å². The number of benzene rings is 1. The van der Waals surface area contributed by atoms with Crippen molar-refractivity contribution in [2.24, 2.45) is 0 Å².